The molecule has 0 aliphatic heterocycles. The summed E-state index contributed by atoms with van der Waals surface area (Å²) in [6.07, 6.45) is 3.01. The number of amides is 1. The highest BCUT2D eigenvalue weighted by Gasteiger charge is 2.12. The number of rotatable bonds is 5. The van der Waals surface area contributed by atoms with Crippen LogP contribution in [-0.2, 0) is 0 Å². The SMILES string of the molecule is CC(CNc1ccccc1)NC(=O)c1ccncc1Cl. The Hall–Kier alpha value is -2.07. The summed E-state index contributed by atoms with van der Waals surface area (Å²) in [4.78, 5) is 15.9. The normalized spacial score (nSPS) is 11.7. The third kappa shape index (κ3) is 3.96. The van der Waals surface area contributed by atoms with Crippen LogP contribution < -0.4 is 10.6 Å². The van der Waals surface area contributed by atoms with Gasteiger partial charge in [0.25, 0.3) is 5.91 Å². The quantitative estimate of drug-likeness (QED) is 0.890. The molecule has 2 aromatic rings. The summed E-state index contributed by atoms with van der Waals surface area (Å²) in [6.45, 7) is 2.57. The van der Waals surface area contributed by atoms with E-state index >= 15 is 0 Å². The van der Waals surface area contributed by atoms with Crippen LogP contribution in [-0.4, -0.2) is 23.5 Å². The topological polar surface area (TPSA) is 54.0 Å². The van der Waals surface area contributed by atoms with E-state index in [0.717, 1.165) is 5.69 Å². The van der Waals surface area contributed by atoms with Gasteiger partial charge in [0.2, 0.25) is 0 Å². The number of nitrogens with zero attached hydrogens (tertiary/aromatic N) is 1. The van der Waals surface area contributed by atoms with Gasteiger partial charge in [-0.2, -0.15) is 0 Å². The summed E-state index contributed by atoms with van der Waals surface area (Å²) in [6, 6.07) is 11.4. The zero-order valence-corrected chi connectivity index (χ0v) is 11.9. The Labute approximate surface area is 123 Å². The monoisotopic (exact) mass is 289 g/mol. The summed E-state index contributed by atoms with van der Waals surface area (Å²) in [5, 5.41) is 6.50. The fourth-order valence-corrected chi connectivity index (χ4v) is 1.94. The molecule has 1 aromatic carbocycles. The molecule has 1 heterocycles. The lowest BCUT2D eigenvalue weighted by atomic mass is 10.2. The van der Waals surface area contributed by atoms with E-state index < -0.39 is 0 Å². The molecule has 0 aliphatic carbocycles. The van der Waals surface area contributed by atoms with Gasteiger partial charge in [-0.1, -0.05) is 29.8 Å². The lowest BCUT2D eigenvalue weighted by Gasteiger charge is -2.16. The van der Waals surface area contributed by atoms with E-state index in [9.17, 15) is 4.79 Å². The third-order valence-electron chi connectivity index (χ3n) is 2.78. The lowest BCUT2D eigenvalue weighted by molar-refractivity contribution is 0.0942. The molecule has 2 rings (SSSR count). The molecule has 1 aromatic heterocycles. The maximum atomic E-state index is 12.0. The van der Waals surface area contributed by atoms with E-state index in [1.54, 1.807) is 12.3 Å². The number of anilines is 1. The van der Waals surface area contributed by atoms with E-state index in [4.69, 9.17) is 11.6 Å². The molecule has 1 amide bonds. The molecule has 0 saturated carbocycles. The van der Waals surface area contributed by atoms with Gasteiger partial charge in [-0.05, 0) is 25.1 Å². The Balaban J connectivity index is 1.87. The van der Waals surface area contributed by atoms with Crippen LogP contribution in [0.1, 0.15) is 17.3 Å². The summed E-state index contributed by atoms with van der Waals surface area (Å²) < 4.78 is 0. The molecule has 1 atom stereocenters. The van der Waals surface area contributed by atoms with Crippen molar-refractivity contribution in [3.05, 3.63) is 59.4 Å². The van der Waals surface area contributed by atoms with Gasteiger partial charge >= 0.3 is 0 Å². The van der Waals surface area contributed by atoms with Crippen molar-refractivity contribution in [1.82, 2.24) is 10.3 Å². The van der Waals surface area contributed by atoms with Crippen LogP contribution in [0.25, 0.3) is 0 Å². The van der Waals surface area contributed by atoms with Crippen molar-refractivity contribution in [1.29, 1.82) is 0 Å². The minimum atomic E-state index is -0.195. The lowest BCUT2D eigenvalue weighted by Crippen LogP contribution is -2.37. The fourth-order valence-electron chi connectivity index (χ4n) is 1.74. The maximum absolute atomic E-state index is 12.0. The predicted octanol–water partition coefficient (Wildman–Crippen LogP) is 2.97. The predicted molar refractivity (Wildman–Crippen MR) is 81.1 cm³/mol. The molecule has 20 heavy (non-hydrogen) atoms. The zero-order chi connectivity index (χ0) is 14.4. The van der Waals surface area contributed by atoms with E-state index in [-0.39, 0.29) is 11.9 Å². The highest BCUT2D eigenvalue weighted by molar-refractivity contribution is 6.33. The molecule has 0 spiro atoms. The fraction of sp³-hybridized carbons (Fsp3) is 0.200. The van der Waals surface area contributed by atoms with E-state index in [1.807, 2.05) is 37.3 Å². The number of aromatic nitrogens is 1. The second-order valence-corrected chi connectivity index (χ2v) is 4.88. The second kappa shape index (κ2) is 6.91. The first kappa shape index (κ1) is 14.3. The number of nitrogens with one attached hydrogen (secondary N) is 2. The average Bonchev–Trinajstić information content (AvgIpc) is 2.46. The highest BCUT2D eigenvalue weighted by atomic mass is 35.5. The summed E-state index contributed by atoms with van der Waals surface area (Å²) in [7, 11) is 0. The number of hydrogen-bond donors (Lipinski definition) is 2. The number of carbonyl (C=O) groups excluding carboxylic acids is 1. The first-order chi connectivity index (χ1) is 9.66. The van der Waals surface area contributed by atoms with Gasteiger partial charge in [-0.3, -0.25) is 9.78 Å². The van der Waals surface area contributed by atoms with Crippen LogP contribution in [0.15, 0.2) is 48.8 Å². The van der Waals surface area contributed by atoms with Crippen LogP contribution in [0.3, 0.4) is 0 Å². The van der Waals surface area contributed by atoms with Gasteiger partial charge in [-0.25, -0.2) is 0 Å². The number of halogens is 1. The van der Waals surface area contributed by atoms with Crippen molar-refractivity contribution < 1.29 is 4.79 Å². The molecule has 5 heteroatoms. The van der Waals surface area contributed by atoms with Crippen molar-refractivity contribution in [2.75, 3.05) is 11.9 Å². The van der Waals surface area contributed by atoms with Gasteiger partial charge in [-0.15, -0.1) is 0 Å². The minimum absolute atomic E-state index is 0.0214. The minimum Gasteiger partial charge on any atom is -0.383 e. The van der Waals surface area contributed by atoms with Crippen LogP contribution in [0.4, 0.5) is 5.69 Å². The van der Waals surface area contributed by atoms with E-state index in [1.165, 1.54) is 6.20 Å². The smallest absolute Gasteiger partial charge is 0.253 e. The van der Waals surface area contributed by atoms with Gasteiger partial charge < -0.3 is 10.6 Å². The Bertz CT molecular complexity index is 574. The van der Waals surface area contributed by atoms with Crippen LogP contribution in [0.2, 0.25) is 5.02 Å². The van der Waals surface area contributed by atoms with E-state index in [0.29, 0.717) is 17.1 Å². The highest BCUT2D eigenvalue weighted by Crippen LogP contribution is 2.13. The molecule has 4 nitrogen and oxygen atoms in total. The van der Waals surface area contributed by atoms with Gasteiger partial charge in [0.15, 0.2) is 0 Å². The van der Waals surface area contributed by atoms with Crippen molar-refractivity contribution >= 4 is 23.2 Å². The molecule has 0 aliphatic rings. The van der Waals surface area contributed by atoms with Crippen molar-refractivity contribution in [2.45, 2.75) is 13.0 Å². The maximum Gasteiger partial charge on any atom is 0.253 e. The molecule has 1 unspecified atom stereocenters. The molecule has 0 radical (unpaired) electrons. The van der Waals surface area contributed by atoms with Gasteiger partial charge in [0.1, 0.15) is 0 Å². The van der Waals surface area contributed by atoms with Gasteiger partial charge in [0, 0.05) is 30.7 Å². The first-order valence-corrected chi connectivity index (χ1v) is 6.74. The third-order valence-corrected chi connectivity index (χ3v) is 3.08. The largest absolute Gasteiger partial charge is 0.383 e. The number of carbonyl (C=O) groups is 1. The van der Waals surface area contributed by atoms with Gasteiger partial charge in [0.05, 0.1) is 10.6 Å². The molecule has 0 saturated heterocycles. The second-order valence-electron chi connectivity index (χ2n) is 4.48. The molecular formula is C15H16ClN3O. The Morgan fingerprint density at radius 1 is 1.30 bits per heavy atom. The molecule has 2 N–H and O–H groups in total. The summed E-state index contributed by atoms with van der Waals surface area (Å²) in [5.74, 6) is -0.195. The van der Waals surface area contributed by atoms with Crippen LogP contribution in [0, 0.1) is 0 Å². The number of pyridine rings is 1. The molecule has 0 fully saturated rings. The van der Waals surface area contributed by atoms with Crippen LogP contribution >= 0.6 is 11.6 Å². The zero-order valence-electron chi connectivity index (χ0n) is 11.1. The Kier molecular flexibility index (Phi) is 4.96. The number of hydrogen-bond acceptors (Lipinski definition) is 3. The number of para-hydroxylation sites is 1. The van der Waals surface area contributed by atoms with E-state index in [2.05, 4.69) is 15.6 Å². The molecule has 0 bridgehead atoms. The van der Waals surface area contributed by atoms with Crippen molar-refractivity contribution in [2.24, 2.45) is 0 Å². The molecule has 104 valence electrons. The van der Waals surface area contributed by atoms with Crippen molar-refractivity contribution in [3.63, 3.8) is 0 Å². The van der Waals surface area contributed by atoms with Crippen molar-refractivity contribution in [3.8, 4) is 0 Å². The Morgan fingerprint density at radius 3 is 2.75 bits per heavy atom. The standard InChI is InChI=1S/C15H16ClN3O/c1-11(9-18-12-5-3-2-4-6-12)19-15(20)13-7-8-17-10-14(13)16/h2-8,10-11,18H,9H2,1H3,(H,19,20). The summed E-state index contributed by atoms with van der Waals surface area (Å²) in [5.41, 5.74) is 1.46. The molecular weight excluding hydrogens is 274 g/mol. The average molecular weight is 290 g/mol. The first-order valence-electron chi connectivity index (χ1n) is 6.36. The Morgan fingerprint density at radius 2 is 2.05 bits per heavy atom. The summed E-state index contributed by atoms with van der Waals surface area (Å²) >= 11 is 5.94. The van der Waals surface area contributed by atoms with Crippen LogP contribution in [0.5, 0.6) is 0 Å². The number of benzene rings is 1.